The molecule has 10 nitrogen and oxygen atoms in total. The van der Waals surface area contributed by atoms with Crippen molar-refractivity contribution in [2.45, 2.75) is 46.4 Å². The number of methoxy groups -OCH3 is 1. The van der Waals surface area contributed by atoms with Gasteiger partial charge in [0.15, 0.2) is 0 Å². The molecule has 2 aromatic carbocycles. The number of rotatable bonds is 8. The van der Waals surface area contributed by atoms with Gasteiger partial charge in [-0.2, -0.15) is 4.80 Å². The van der Waals surface area contributed by atoms with Crippen LogP contribution in [0.15, 0.2) is 42.5 Å². The molecule has 186 valence electrons. The SMILES string of the molecule is CCOC(=O)c1ccccc1Cn1nnc(-c2ccc(CN(C)C(=O)OC(C)(C)C)c(OC)c2)n1. The van der Waals surface area contributed by atoms with Crippen LogP contribution in [0.4, 0.5) is 4.79 Å². The van der Waals surface area contributed by atoms with E-state index in [0.717, 1.165) is 11.1 Å². The Labute approximate surface area is 204 Å². The van der Waals surface area contributed by atoms with E-state index in [9.17, 15) is 9.59 Å². The molecular formula is C25H31N5O5. The lowest BCUT2D eigenvalue weighted by atomic mass is 10.1. The van der Waals surface area contributed by atoms with E-state index in [0.29, 0.717) is 35.9 Å². The molecule has 0 atom stereocenters. The highest BCUT2D eigenvalue weighted by atomic mass is 16.6. The molecule has 0 radical (unpaired) electrons. The van der Waals surface area contributed by atoms with Crippen LogP contribution in [0.3, 0.4) is 0 Å². The lowest BCUT2D eigenvalue weighted by molar-refractivity contribution is 0.0284. The largest absolute Gasteiger partial charge is 0.496 e. The van der Waals surface area contributed by atoms with Crippen molar-refractivity contribution in [2.24, 2.45) is 0 Å². The monoisotopic (exact) mass is 481 g/mol. The number of aromatic nitrogens is 4. The molecule has 0 aliphatic carbocycles. The Balaban J connectivity index is 1.76. The standard InChI is InChI=1S/C25H31N5O5/c1-7-34-23(31)20-11-9-8-10-18(20)16-30-27-22(26-28-30)17-12-13-19(21(14-17)33-6)15-29(5)24(32)35-25(2,3)4/h8-14H,7,15-16H2,1-6H3. The summed E-state index contributed by atoms with van der Waals surface area (Å²) in [6, 6.07) is 12.7. The number of hydrogen-bond donors (Lipinski definition) is 0. The summed E-state index contributed by atoms with van der Waals surface area (Å²) >= 11 is 0. The van der Waals surface area contributed by atoms with E-state index >= 15 is 0 Å². The van der Waals surface area contributed by atoms with E-state index in [1.165, 1.54) is 9.70 Å². The lowest BCUT2D eigenvalue weighted by Gasteiger charge is -2.25. The summed E-state index contributed by atoms with van der Waals surface area (Å²) in [6.07, 6.45) is -0.420. The first-order chi connectivity index (χ1) is 16.6. The number of amides is 1. The summed E-state index contributed by atoms with van der Waals surface area (Å²) in [6.45, 7) is 8.10. The number of hydrogen-bond acceptors (Lipinski definition) is 8. The molecule has 3 aromatic rings. The number of nitrogens with zero attached hydrogens (tertiary/aromatic N) is 5. The van der Waals surface area contributed by atoms with Gasteiger partial charge in [-0.25, -0.2) is 9.59 Å². The Morgan fingerprint density at radius 3 is 2.51 bits per heavy atom. The van der Waals surface area contributed by atoms with Gasteiger partial charge >= 0.3 is 12.1 Å². The number of carbonyl (C=O) groups is 2. The predicted molar refractivity (Wildman–Crippen MR) is 129 cm³/mol. The Kier molecular flexibility index (Phi) is 8.06. The molecule has 10 heteroatoms. The fraction of sp³-hybridized carbons (Fsp3) is 0.400. The second kappa shape index (κ2) is 11.0. The van der Waals surface area contributed by atoms with Crippen LogP contribution in [-0.2, 0) is 22.6 Å². The third kappa shape index (κ3) is 6.78. The van der Waals surface area contributed by atoms with Crippen molar-refractivity contribution in [3.05, 3.63) is 59.2 Å². The normalized spacial score (nSPS) is 11.1. The number of ether oxygens (including phenoxy) is 3. The lowest BCUT2D eigenvalue weighted by Crippen LogP contribution is -2.33. The minimum atomic E-state index is -0.576. The van der Waals surface area contributed by atoms with Crippen molar-refractivity contribution in [1.29, 1.82) is 0 Å². The Hall–Kier alpha value is -3.95. The van der Waals surface area contributed by atoms with Crippen molar-refractivity contribution < 1.29 is 23.8 Å². The van der Waals surface area contributed by atoms with E-state index in [2.05, 4.69) is 15.4 Å². The average molecular weight is 482 g/mol. The summed E-state index contributed by atoms with van der Waals surface area (Å²) in [5, 5.41) is 12.7. The molecule has 0 saturated heterocycles. The van der Waals surface area contributed by atoms with Crippen molar-refractivity contribution in [2.75, 3.05) is 20.8 Å². The molecule has 0 aliphatic rings. The molecule has 0 saturated carbocycles. The number of esters is 1. The third-order valence-corrected chi connectivity index (χ3v) is 4.94. The van der Waals surface area contributed by atoms with Crippen molar-refractivity contribution in [3.8, 4) is 17.1 Å². The van der Waals surface area contributed by atoms with Crippen LogP contribution in [0.5, 0.6) is 5.75 Å². The zero-order valence-electron chi connectivity index (χ0n) is 20.9. The maximum absolute atomic E-state index is 12.3. The highest BCUT2D eigenvalue weighted by molar-refractivity contribution is 5.91. The van der Waals surface area contributed by atoms with Gasteiger partial charge in [0.2, 0.25) is 5.82 Å². The molecule has 1 aromatic heterocycles. The van der Waals surface area contributed by atoms with Gasteiger partial charge in [0.05, 0.1) is 32.4 Å². The Bertz CT molecular complexity index is 1180. The molecule has 0 bridgehead atoms. The maximum atomic E-state index is 12.3. The van der Waals surface area contributed by atoms with E-state index in [-0.39, 0.29) is 12.5 Å². The van der Waals surface area contributed by atoms with Crippen LogP contribution >= 0.6 is 0 Å². The Morgan fingerprint density at radius 2 is 1.83 bits per heavy atom. The molecule has 35 heavy (non-hydrogen) atoms. The van der Waals surface area contributed by atoms with Gasteiger partial charge in [0.25, 0.3) is 0 Å². The topological polar surface area (TPSA) is 109 Å². The summed E-state index contributed by atoms with van der Waals surface area (Å²) in [5.74, 6) is 0.603. The zero-order chi connectivity index (χ0) is 25.6. The molecule has 0 N–H and O–H groups in total. The van der Waals surface area contributed by atoms with Crippen LogP contribution in [-0.4, -0.2) is 63.5 Å². The third-order valence-electron chi connectivity index (χ3n) is 4.94. The molecule has 0 spiro atoms. The number of benzene rings is 2. The van der Waals surface area contributed by atoms with Gasteiger partial charge in [-0.15, -0.1) is 10.2 Å². The number of carbonyl (C=O) groups excluding carboxylic acids is 2. The van der Waals surface area contributed by atoms with Crippen molar-refractivity contribution in [1.82, 2.24) is 25.1 Å². The van der Waals surface area contributed by atoms with Gasteiger partial charge in [0, 0.05) is 18.2 Å². The van der Waals surface area contributed by atoms with Gasteiger partial charge < -0.3 is 19.1 Å². The fourth-order valence-corrected chi connectivity index (χ4v) is 3.32. The first kappa shape index (κ1) is 25.7. The molecular weight excluding hydrogens is 450 g/mol. The van der Waals surface area contributed by atoms with Crippen LogP contribution in [0.1, 0.15) is 49.2 Å². The quantitative estimate of drug-likeness (QED) is 0.445. The van der Waals surface area contributed by atoms with Gasteiger partial charge in [-0.05, 0) is 50.6 Å². The van der Waals surface area contributed by atoms with Gasteiger partial charge in [-0.3, -0.25) is 0 Å². The summed E-state index contributed by atoms with van der Waals surface area (Å²) in [5.41, 5.74) is 2.13. The molecule has 1 amide bonds. The van der Waals surface area contributed by atoms with Crippen molar-refractivity contribution >= 4 is 12.1 Å². The minimum absolute atomic E-state index is 0.262. The van der Waals surface area contributed by atoms with E-state index in [1.54, 1.807) is 39.3 Å². The van der Waals surface area contributed by atoms with E-state index < -0.39 is 11.7 Å². The Morgan fingerprint density at radius 1 is 1.09 bits per heavy atom. The summed E-state index contributed by atoms with van der Waals surface area (Å²) in [7, 11) is 3.23. The average Bonchev–Trinajstić information content (AvgIpc) is 3.27. The minimum Gasteiger partial charge on any atom is -0.496 e. The zero-order valence-corrected chi connectivity index (χ0v) is 20.9. The molecule has 0 unspecified atom stereocenters. The van der Waals surface area contributed by atoms with Crippen LogP contribution in [0.2, 0.25) is 0 Å². The smallest absolute Gasteiger partial charge is 0.410 e. The predicted octanol–water partition coefficient (Wildman–Crippen LogP) is 3.94. The van der Waals surface area contributed by atoms with Crippen LogP contribution in [0.25, 0.3) is 11.4 Å². The second-order valence-corrected chi connectivity index (χ2v) is 8.88. The molecule has 3 rings (SSSR count). The molecule has 0 aliphatic heterocycles. The maximum Gasteiger partial charge on any atom is 0.410 e. The van der Waals surface area contributed by atoms with Crippen LogP contribution < -0.4 is 4.74 Å². The van der Waals surface area contributed by atoms with Crippen molar-refractivity contribution in [3.63, 3.8) is 0 Å². The first-order valence-corrected chi connectivity index (χ1v) is 11.3. The fourth-order valence-electron chi connectivity index (χ4n) is 3.32. The molecule has 1 heterocycles. The summed E-state index contributed by atoms with van der Waals surface area (Å²) in [4.78, 5) is 27.5. The highest BCUT2D eigenvalue weighted by Gasteiger charge is 2.21. The second-order valence-electron chi connectivity index (χ2n) is 8.88. The first-order valence-electron chi connectivity index (χ1n) is 11.3. The van der Waals surface area contributed by atoms with Crippen LogP contribution in [0, 0.1) is 0 Å². The van der Waals surface area contributed by atoms with Gasteiger partial charge in [-0.1, -0.05) is 30.3 Å². The number of tetrazole rings is 1. The highest BCUT2D eigenvalue weighted by Crippen LogP contribution is 2.26. The van der Waals surface area contributed by atoms with E-state index in [1.807, 2.05) is 45.0 Å². The summed E-state index contributed by atoms with van der Waals surface area (Å²) < 4.78 is 16.1. The van der Waals surface area contributed by atoms with E-state index in [4.69, 9.17) is 14.2 Å². The van der Waals surface area contributed by atoms with Gasteiger partial charge in [0.1, 0.15) is 11.4 Å². The molecule has 0 fully saturated rings.